The van der Waals surface area contributed by atoms with Crippen molar-refractivity contribution in [3.05, 3.63) is 36.5 Å². The van der Waals surface area contributed by atoms with Crippen LogP contribution in [0.15, 0.2) is 40.2 Å². The Kier molecular flexibility index (Phi) is 3.50. The van der Waals surface area contributed by atoms with E-state index in [1.54, 1.807) is 22.8 Å². The molecule has 0 bridgehead atoms. The summed E-state index contributed by atoms with van der Waals surface area (Å²) in [5.41, 5.74) is 1.79. The van der Waals surface area contributed by atoms with Crippen LogP contribution in [0, 0.1) is 0 Å². The number of benzene rings is 1. The summed E-state index contributed by atoms with van der Waals surface area (Å²) in [5.74, 6) is 1.78. The third-order valence-electron chi connectivity index (χ3n) is 2.77. The minimum Gasteiger partial charge on any atom is -0.441 e. The number of nitrogens with zero attached hydrogens (tertiary/aromatic N) is 4. The zero-order chi connectivity index (χ0) is 13.1. The van der Waals surface area contributed by atoms with Crippen molar-refractivity contribution >= 4 is 22.9 Å². The summed E-state index contributed by atoms with van der Waals surface area (Å²) in [4.78, 5) is 8.63. The first-order chi connectivity index (χ1) is 9.33. The summed E-state index contributed by atoms with van der Waals surface area (Å²) >= 11 is 1.70. The Morgan fingerprint density at radius 3 is 3.00 bits per heavy atom. The molecule has 6 heteroatoms. The Balaban J connectivity index is 1.53. The summed E-state index contributed by atoms with van der Waals surface area (Å²) in [6, 6.07) is 7.84. The molecular formula is C13H14N4OS. The molecule has 2 heterocycles. The summed E-state index contributed by atoms with van der Waals surface area (Å²) in [7, 11) is 1.90. The number of oxazole rings is 1. The van der Waals surface area contributed by atoms with Crippen LogP contribution in [-0.2, 0) is 13.5 Å². The highest BCUT2D eigenvalue weighted by Crippen LogP contribution is 2.18. The van der Waals surface area contributed by atoms with Gasteiger partial charge < -0.3 is 4.42 Å². The Bertz CT molecular complexity index is 643. The third kappa shape index (κ3) is 2.78. The highest BCUT2D eigenvalue weighted by Gasteiger charge is 2.05. The molecule has 3 rings (SSSR count). The second-order valence-corrected chi connectivity index (χ2v) is 5.26. The molecule has 98 valence electrons. The monoisotopic (exact) mass is 274 g/mol. The maximum Gasteiger partial charge on any atom is 0.195 e. The number of aryl methyl sites for hydroxylation is 2. The molecule has 1 aromatic carbocycles. The molecule has 0 aliphatic carbocycles. The van der Waals surface area contributed by atoms with Crippen molar-refractivity contribution in [2.75, 3.05) is 5.75 Å². The molecule has 0 atom stereocenters. The van der Waals surface area contributed by atoms with Crippen molar-refractivity contribution in [3.8, 4) is 0 Å². The van der Waals surface area contributed by atoms with Crippen LogP contribution in [0.3, 0.4) is 0 Å². The first-order valence-electron chi connectivity index (χ1n) is 6.14. The topological polar surface area (TPSA) is 56.7 Å². The average Bonchev–Trinajstić information content (AvgIpc) is 3.00. The van der Waals surface area contributed by atoms with Crippen molar-refractivity contribution in [1.82, 2.24) is 19.7 Å². The van der Waals surface area contributed by atoms with Gasteiger partial charge in [0.25, 0.3) is 0 Å². The van der Waals surface area contributed by atoms with Gasteiger partial charge in [-0.1, -0.05) is 23.9 Å². The van der Waals surface area contributed by atoms with Crippen molar-refractivity contribution in [3.63, 3.8) is 0 Å². The normalized spacial score (nSPS) is 11.2. The lowest BCUT2D eigenvalue weighted by Gasteiger charge is -1.98. The summed E-state index contributed by atoms with van der Waals surface area (Å²) in [6.45, 7) is 0. The summed E-state index contributed by atoms with van der Waals surface area (Å²) < 4.78 is 7.46. The van der Waals surface area contributed by atoms with E-state index in [1.165, 1.54) is 0 Å². The van der Waals surface area contributed by atoms with Crippen molar-refractivity contribution in [1.29, 1.82) is 0 Å². The van der Waals surface area contributed by atoms with Crippen LogP contribution in [0.4, 0.5) is 0 Å². The Labute approximate surface area is 115 Å². The number of para-hydroxylation sites is 2. The molecule has 2 aromatic heterocycles. The minimum absolute atomic E-state index is 0.805. The van der Waals surface area contributed by atoms with Crippen LogP contribution in [-0.4, -0.2) is 25.5 Å². The van der Waals surface area contributed by atoms with E-state index in [0.717, 1.165) is 40.7 Å². The lowest BCUT2D eigenvalue weighted by Crippen LogP contribution is -1.94. The van der Waals surface area contributed by atoms with E-state index in [4.69, 9.17) is 4.42 Å². The van der Waals surface area contributed by atoms with Gasteiger partial charge in [-0.15, -0.1) is 0 Å². The maximum absolute atomic E-state index is 5.68. The van der Waals surface area contributed by atoms with E-state index in [-0.39, 0.29) is 0 Å². The number of hydrogen-bond donors (Lipinski definition) is 0. The fourth-order valence-corrected chi connectivity index (χ4v) is 2.66. The molecule has 0 spiro atoms. The zero-order valence-corrected chi connectivity index (χ0v) is 11.4. The van der Waals surface area contributed by atoms with E-state index in [1.807, 2.05) is 31.3 Å². The van der Waals surface area contributed by atoms with E-state index in [0.29, 0.717) is 0 Å². The van der Waals surface area contributed by atoms with Gasteiger partial charge in [0.2, 0.25) is 0 Å². The average molecular weight is 274 g/mol. The van der Waals surface area contributed by atoms with Crippen molar-refractivity contribution in [2.45, 2.75) is 18.0 Å². The van der Waals surface area contributed by atoms with Gasteiger partial charge >= 0.3 is 0 Å². The third-order valence-corrected chi connectivity index (χ3v) is 3.89. The number of thioether (sulfide) groups is 1. The first kappa shape index (κ1) is 12.2. The number of hydrogen-bond acceptors (Lipinski definition) is 5. The smallest absolute Gasteiger partial charge is 0.195 e. The van der Waals surface area contributed by atoms with Gasteiger partial charge in [-0.05, 0) is 18.6 Å². The molecule has 0 aliphatic heterocycles. The second kappa shape index (κ2) is 5.44. The maximum atomic E-state index is 5.68. The summed E-state index contributed by atoms with van der Waals surface area (Å²) in [5, 5.41) is 4.98. The van der Waals surface area contributed by atoms with Crippen LogP contribution in [0.1, 0.15) is 12.3 Å². The minimum atomic E-state index is 0.805. The Hall–Kier alpha value is -1.82. The first-order valence-corrected chi connectivity index (χ1v) is 7.13. The molecule has 0 saturated carbocycles. The molecule has 19 heavy (non-hydrogen) atoms. The van der Waals surface area contributed by atoms with E-state index >= 15 is 0 Å². The second-order valence-electron chi connectivity index (χ2n) is 4.19. The van der Waals surface area contributed by atoms with Gasteiger partial charge in [-0.2, -0.15) is 5.10 Å². The van der Waals surface area contributed by atoms with Gasteiger partial charge in [0.1, 0.15) is 11.8 Å². The lowest BCUT2D eigenvalue weighted by molar-refractivity contribution is 0.526. The number of fused-ring (bicyclic) bond motifs is 1. The standard InChI is InChI=1S/C13H14N4OS/c1-17-13(14-9-15-17)19-8-4-7-12-16-10-5-2-3-6-11(10)18-12/h2-3,5-6,9H,4,7-8H2,1H3. The van der Waals surface area contributed by atoms with Crippen LogP contribution < -0.4 is 0 Å². The number of rotatable bonds is 5. The molecule has 0 saturated heterocycles. The molecule has 0 amide bonds. The predicted molar refractivity (Wildman–Crippen MR) is 74.1 cm³/mol. The molecular weight excluding hydrogens is 260 g/mol. The van der Waals surface area contributed by atoms with Gasteiger partial charge in [0, 0.05) is 19.2 Å². The fourth-order valence-electron chi connectivity index (χ4n) is 1.83. The molecule has 3 aromatic rings. The van der Waals surface area contributed by atoms with E-state index < -0.39 is 0 Å². The van der Waals surface area contributed by atoms with Crippen molar-refractivity contribution in [2.24, 2.45) is 7.05 Å². The molecule has 0 aliphatic rings. The molecule has 5 nitrogen and oxygen atoms in total. The Morgan fingerprint density at radius 1 is 1.32 bits per heavy atom. The summed E-state index contributed by atoms with van der Waals surface area (Å²) in [6.07, 6.45) is 3.42. The Morgan fingerprint density at radius 2 is 2.21 bits per heavy atom. The van der Waals surface area contributed by atoms with Crippen LogP contribution in [0.5, 0.6) is 0 Å². The van der Waals surface area contributed by atoms with Crippen molar-refractivity contribution < 1.29 is 4.42 Å². The molecule has 0 fully saturated rings. The lowest BCUT2D eigenvalue weighted by atomic mass is 10.3. The van der Waals surface area contributed by atoms with Gasteiger partial charge in [-0.25, -0.2) is 14.6 Å². The largest absolute Gasteiger partial charge is 0.441 e. The van der Waals surface area contributed by atoms with Crippen LogP contribution in [0.2, 0.25) is 0 Å². The predicted octanol–water partition coefficient (Wildman–Crippen LogP) is 2.68. The van der Waals surface area contributed by atoms with Gasteiger partial charge in [0.15, 0.2) is 16.6 Å². The molecule has 0 unspecified atom stereocenters. The zero-order valence-electron chi connectivity index (χ0n) is 10.6. The molecule has 0 radical (unpaired) electrons. The van der Waals surface area contributed by atoms with Gasteiger partial charge in [-0.3, -0.25) is 0 Å². The van der Waals surface area contributed by atoms with E-state index in [9.17, 15) is 0 Å². The quantitative estimate of drug-likeness (QED) is 0.529. The highest BCUT2D eigenvalue weighted by molar-refractivity contribution is 7.99. The fraction of sp³-hybridized carbons (Fsp3) is 0.308. The van der Waals surface area contributed by atoms with Crippen LogP contribution in [0.25, 0.3) is 11.1 Å². The molecule has 0 N–H and O–H groups in total. The number of aromatic nitrogens is 4. The SMILES string of the molecule is Cn1ncnc1SCCCc1nc2ccccc2o1. The van der Waals surface area contributed by atoms with Gasteiger partial charge in [0.05, 0.1) is 0 Å². The highest BCUT2D eigenvalue weighted by atomic mass is 32.2. The van der Waals surface area contributed by atoms with Crippen LogP contribution >= 0.6 is 11.8 Å². The van der Waals surface area contributed by atoms with E-state index in [2.05, 4.69) is 15.1 Å².